The molecule has 1 heterocycles. The molecule has 3 rings (SSSR count). The maximum absolute atomic E-state index is 12.3. The smallest absolute Gasteiger partial charge is 0.345 e. The molecule has 1 N–H and O–H groups in total. The fourth-order valence-electron chi connectivity index (χ4n) is 3.56. The van der Waals surface area contributed by atoms with Crippen LogP contribution in [-0.2, 0) is 12.8 Å². The number of rotatable bonds is 9. The van der Waals surface area contributed by atoms with Gasteiger partial charge in [-0.2, -0.15) is 0 Å². The van der Waals surface area contributed by atoms with E-state index in [1.165, 1.54) is 6.20 Å². The Kier molecular flexibility index (Phi) is 7.71. The third-order valence-corrected chi connectivity index (χ3v) is 5.66. The van der Waals surface area contributed by atoms with Crippen LogP contribution in [0.25, 0.3) is 0 Å². The normalized spacial score (nSPS) is 12.6. The summed E-state index contributed by atoms with van der Waals surface area (Å²) in [5.74, 6) is 1.85. The van der Waals surface area contributed by atoms with Gasteiger partial charge in [0, 0.05) is 12.4 Å². The molecule has 0 saturated carbocycles. The number of nitrogens with zero attached hydrogens (tertiary/aromatic N) is 1. The van der Waals surface area contributed by atoms with Gasteiger partial charge in [0.25, 0.3) is 0 Å². The summed E-state index contributed by atoms with van der Waals surface area (Å²) >= 11 is 0. The number of phenols is 1. The Labute approximate surface area is 188 Å². The maximum Gasteiger partial charge on any atom is 0.345 e. The number of phenolic OH excluding ortho intramolecular Hbond substituents is 1. The van der Waals surface area contributed by atoms with Crippen molar-refractivity contribution in [1.82, 2.24) is 4.98 Å². The van der Waals surface area contributed by atoms with Gasteiger partial charge in [0.2, 0.25) is 0 Å². The molecule has 0 fully saturated rings. The number of hydrogen-bond donors (Lipinski definition) is 1. The molecular weight excluding hydrogens is 406 g/mol. The summed E-state index contributed by atoms with van der Waals surface area (Å²) in [5.41, 5.74) is 2.60. The zero-order valence-corrected chi connectivity index (χ0v) is 18.9. The molecule has 6 nitrogen and oxygen atoms in total. The Morgan fingerprint density at radius 1 is 0.906 bits per heavy atom. The summed E-state index contributed by atoms with van der Waals surface area (Å²) in [6.45, 7) is 4.43. The monoisotopic (exact) mass is 435 g/mol. The second kappa shape index (κ2) is 10.7. The first-order valence-electron chi connectivity index (χ1n) is 10.6. The molecule has 0 radical (unpaired) electrons. The molecule has 0 amide bonds. The van der Waals surface area contributed by atoms with Crippen molar-refractivity contribution < 1.29 is 24.1 Å². The zero-order valence-electron chi connectivity index (χ0n) is 18.9. The zero-order chi connectivity index (χ0) is 23.1. The van der Waals surface area contributed by atoms with E-state index in [9.17, 15) is 9.90 Å². The summed E-state index contributed by atoms with van der Waals surface area (Å²) in [6.07, 6.45) is 4.79. The first-order chi connectivity index (χ1) is 15.4. The van der Waals surface area contributed by atoms with Gasteiger partial charge in [-0.1, -0.05) is 26.0 Å². The van der Waals surface area contributed by atoms with Gasteiger partial charge in [0.1, 0.15) is 0 Å². The minimum atomic E-state index is -0.476. The Morgan fingerprint density at radius 2 is 1.53 bits per heavy atom. The quantitative estimate of drug-likeness (QED) is 0.373. The highest BCUT2D eigenvalue weighted by atomic mass is 16.6. The van der Waals surface area contributed by atoms with Gasteiger partial charge in [-0.15, -0.1) is 0 Å². The van der Waals surface area contributed by atoms with E-state index in [-0.39, 0.29) is 5.75 Å². The fraction of sp³-hybridized carbons (Fsp3) is 0.308. The SMILES string of the molecule is COc1cc(C[C@@H](C)[C@@H](C)Cc2ccc(OC(=O)c3cccnc3)c(OC)c2)ccc1O. The first kappa shape index (κ1) is 23.1. The predicted octanol–water partition coefficient (Wildman–Crippen LogP) is 5.08. The van der Waals surface area contributed by atoms with Gasteiger partial charge in [-0.05, 0) is 72.2 Å². The second-order valence-corrected chi connectivity index (χ2v) is 7.99. The van der Waals surface area contributed by atoms with Gasteiger partial charge < -0.3 is 19.3 Å². The highest BCUT2D eigenvalue weighted by Crippen LogP contribution is 2.32. The van der Waals surface area contributed by atoms with Crippen LogP contribution in [0.5, 0.6) is 23.0 Å². The van der Waals surface area contributed by atoms with E-state index < -0.39 is 5.97 Å². The number of carbonyl (C=O) groups is 1. The van der Waals surface area contributed by atoms with Crippen molar-refractivity contribution in [2.75, 3.05) is 14.2 Å². The molecule has 0 spiro atoms. The van der Waals surface area contributed by atoms with Crippen LogP contribution in [-0.4, -0.2) is 30.3 Å². The lowest BCUT2D eigenvalue weighted by molar-refractivity contribution is 0.0729. The third-order valence-electron chi connectivity index (χ3n) is 5.66. The summed E-state index contributed by atoms with van der Waals surface area (Å²) < 4.78 is 16.2. The average molecular weight is 436 g/mol. The molecule has 0 unspecified atom stereocenters. The van der Waals surface area contributed by atoms with Crippen molar-refractivity contribution >= 4 is 5.97 Å². The molecule has 6 heteroatoms. The van der Waals surface area contributed by atoms with Crippen LogP contribution < -0.4 is 14.2 Å². The predicted molar refractivity (Wildman–Crippen MR) is 123 cm³/mol. The molecular formula is C26H29NO5. The molecule has 0 aliphatic rings. The van der Waals surface area contributed by atoms with E-state index >= 15 is 0 Å². The topological polar surface area (TPSA) is 77.9 Å². The van der Waals surface area contributed by atoms with Crippen LogP contribution in [0.15, 0.2) is 60.9 Å². The van der Waals surface area contributed by atoms with Gasteiger partial charge >= 0.3 is 5.97 Å². The minimum Gasteiger partial charge on any atom is -0.504 e. The van der Waals surface area contributed by atoms with Gasteiger partial charge in [0.05, 0.1) is 19.8 Å². The number of pyridine rings is 1. The number of carbonyl (C=O) groups excluding carboxylic acids is 1. The molecule has 2 atom stereocenters. The largest absolute Gasteiger partial charge is 0.504 e. The lowest BCUT2D eigenvalue weighted by atomic mass is 9.85. The standard InChI is InChI=1S/C26H29NO5/c1-17(12-19-7-9-22(28)24(14-19)30-3)18(2)13-20-8-10-23(25(15-20)31-4)32-26(29)21-6-5-11-27-16-21/h5-11,14-18,28H,12-13H2,1-4H3/t17-,18+/m1/s1. The molecule has 168 valence electrons. The molecule has 0 aliphatic heterocycles. The van der Waals surface area contributed by atoms with Crippen LogP contribution in [0.4, 0.5) is 0 Å². The maximum atomic E-state index is 12.3. The number of ether oxygens (including phenoxy) is 3. The van der Waals surface area contributed by atoms with Crippen molar-refractivity contribution in [3.8, 4) is 23.0 Å². The summed E-state index contributed by atoms with van der Waals surface area (Å²) in [6, 6.07) is 14.5. The summed E-state index contributed by atoms with van der Waals surface area (Å²) in [7, 11) is 3.11. The van der Waals surface area contributed by atoms with Crippen LogP contribution >= 0.6 is 0 Å². The molecule has 0 aliphatic carbocycles. The number of aromatic hydroxyl groups is 1. The van der Waals surface area contributed by atoms with Crippen LogP contribution in [0.1, 0.15) is 35.3 Å². The summed E-state index contributed by atoms with van der Waals surface area (Å²) in [4.78, 5) is 16.3. The van der Waals surface area contributed by atoms with Crippen molar-refractivity contribution in [2.45, 2.75) is 26.7 Å². The van der Waals surface area contributed by atoms with Gasteiger partial charge in [-0.3, -0.25) is 4.98 Å². The number of methoxy groups -OCH3 is 2. The molecule has 32 heavy (non-hydrogen) atoms. The van der Waals surface area contributed by atoms with Crippen LogP contribution in [0.3, 0.4) is 0 Å². The molecule has 1 aromatic heterocycles. The molecule has 0 bridgehead atoms. The Bertz CT molecular complexity index is 1050. The molecule has 2 aromatic carbocycles. The van der Waals surface area contributed by atoms with Gasteiger partial charge in [0.15, 0.2) is 23.0 Å². The second-order valence-electron chi connectivity index (χ2n) is 7.99. The number of hydrogen-bond acceptors (Lipinski definition) is 6. The van der Waals surface area contributed by atoms with Crippen LogP contribution in [0, 0.1) is 11.8 Å². The lowest BCUT2D eigenvalue weighted by Crippen LogP contribution is -2.14. The van der Waals surface area contributed by atoms with E-state index in [1.807, 2.05) is 24.3 Å². The lowest BCUT2D eigenvalue weighted by Gasteiger charge is -2.21. The number of esters is 1. The van der Waals surface area contributed by atoms with E-state index in [4.69, 9.17) is 14.2 Å². The molecule has 0 saturated heterocycles. The fourth-order valence-corrected chi connectivity index (χ4v) is 3.56. The van der Waals surface area contributed by atoms with Crippen molar-refractivity contribution in [3.63, 3.8) is 0 Å². The van der Waals surface area contributed by atoms with Crippen molar-refractivity contribution in [1.29, 1.82) is 0 Å². The van der Waals surface area contributed by atoms with E-state index in [0.29, 0.717) is 34.6 Å². The highest BCUT2D eigenvalue weighted by molar-refractivity contribution is 5.90. The number of aromatic nitrogens is 1. The Morgan fingerprint density at radius 3 is 2.12 bits per heavy atom. The number of benzene rings is 2. The van der Waals surface area contributed by atoms with E-state index in [1.54, 1.807) is 44.7 Å². The minimum absolute atomic E-state index is 0.147. The first-order valence-corrected chi connectivity index (χ1v) is 10.6. The Balaban J connectivity index is 1.65. The molecule has 3 aromatic rings. The average Bonchev–Trinajstić information content (AvgIpc) is 2.81. The van der Waals surface area contributed by atoms with Crippen molar-refractivity contribution in [3.05, 3.63) is 77.6 Å². The van der Waals surface area contributed by atoms with Crippen molar-refractivity contribution in [2.24, 2.45) is 11.8 Å². The van der Waals surface area contributed by atoms with E-state index in [2.05, 4.69) is 18.8 Å². The highest BCUT2D eigenvalue weighted by Gasteiger charge is 2.17. The Hall–Kier alpha value is -3.54. The third kappa shape index (κ3) is 5.78. The van der Waals surface area contributed by atoms with E-state index in [0.717, 1.165) is 24.0 Å². The van der Waals surface area contributed by atoms with Crippen LogP contribution in [0.2, 0.25) is 0 Å². The van der Waals surface area contributed by atoms with Gasteiger partial charge in [-0.25, -0.2) is 4.79 Å². The summed E-state index contributed by atoms with van der Waals surface area (Å²) in [5, 5.41) is 9.79.